The molecule has 3 heteroatoms. The molecular formula is C19H30N2S. The third kappa shape index (κ3) is 4.74. The predicted molar refractivity (Wildman–Crippen MR) is 96.6 cm³/mol. The van der Waals surface area contributed by atoms with Gasteiger partial charge in [-0.15, -0.1) is 11.8 Å². The lowest BCUT2D eigenvalue weighted by molar-refractivity contribution is 0.0734. The van der Waals surface area contributed by atoms with Crippen molar-refractivity contribution in [2.24, 2.45) is 5.41 Å². The SMILES string of the molecule is c1ccc(SCCCCN2CCC3(CCNCC3)CC2)cc1. The Hall–Kier alpha value is -0.510. The molecule has 0 radical (unpaired) electrons. The average Bonchev–Trinajstić information content (AvgIpc) is 2.58. The summed E-state index contributed by atoms with van der Waals surface area (Å²) in [6.45, 7) is 6.48. The van der Waals surface area contributed by atoms with E-state index in [-0.39, 0.29) is 0 Å². The molecule has 0 atom stereocenters. The van der Waals surface area contributed by atoms with Gasteiger partial charge in [-0.3, -0.25) is 0 Å². The maximum absolute atomic E-state index is 3.51. The van der Waals surface area contributed by atoms with Gasteiger partial charge in [-0.1, -0.05) is 18.2 Å². The van der Waals surface area contributed by atoms with Gasteiger partial charge in [0.05, 0.1) is 0 Å². The molecule has 0 unspecified atom stereocenters. The molecule has 0 aromatic heterocycles. The summed E-state index contributed by atoms with van der Waals surface area (Å²) in [4.78, 5) is 4.12. The standard InChI is InChI=1S/C19H30N2S/c1-2-6-18(7-3-1)22-17-5-4-14-21-15-10-19(11-16-21)8-12-20-13-9-19/h1-3,6-7,20H,4-5,8-17H2. The van der Waals surface area contributed by atoms with Gasteiger partial charge in [0.1, 0.15) is 0 Å². The van der Waals surface area contributed by atoms with Gasteiger partial charge in [-0.05, 0) is 94.5 Å². The number of unbranched alkanes of at least 4 members (excludes halogenated alkanes) is 1. The number of rotatable bonds is 6. The van der Waals surface area contributed by atoms with E-state index in [0.717, 1.165) is 0 Å². The van der Waals surface area contributed by atoms with Gasteiger partial charge >= 0.3 is 0 Å². The van der Waals surface area contributed by atoms with E-state index < -0.39 is 0 Å². The number of likely N-dealkylation sites (tertiary alicyclic amines) is 1. The van der Waals surface area contributed by atoms with Crippen LogP contribution in [0.3, 0.4) is 0 Å². The zero-order valence-electron chi connectivity index (χ0n) is 13.7. The number of nitrogens with one attached hydrogen (secondary N) is 1. The maximum atomic E-state index is 3.51. The Morgan fingerprint density at radius 2 is 1.68 bits per heavy atom. The normalized spacial score (nSPS) is 22.0. The lowest BCUT2D eigenvalue weighted by atomic mass is 9.71. The Bertz CT molecular complexity index is 418. The van der Waals surface area contributed by atoms with Gasteiger partial charge in [0.2, 0.25) is 0 Å². The van der Waals surface area contributed by atoms with Crippen LogP contribution in [0.25, 0.3) is 0 Å². The molecule has 2 nitrogen and oxygen atoms in total. The zero-order valence-corrected chi connectivity index (χ0v) is 14.5. The number of hydrogen-bond acceptors (Lipinski definition) is 3. The maximum Gasteiger partial charge on any atom is 0.00719 e. The summed E-state index contributed by atoms with van der Waals surface area (Å²) >= 11 is 2.00. The molecule has 1 aromatic carbocycles. The number of nitrogens with zero attached hydrogens (tertiary/aromatic N) is 1. The Kier molecular flexibility index (Phi) is 6.22. The molecule has 2 aliphatic rings. The van der Waals surface area contributed by atoms with E-state index in [0.29, 0.717) is 5.41 Å². The lowest BCUT2D eigenvalue weighted by Gasteiger charge is -2.44. The van der Waals surface area contributed by atoms with E-state index in [1.165, 1.54) is 81.9 Å². The van der Waals surface area contributed by atoms with Crippen LogP contribution in [0, 0.1) is 5.41 Å². The second-order valence-corrected chi connectivity index (χ2v) is 8.13. The summed E-state index contributed by atoms with van der Waals surface area (Å²) in [5.74, 6) is 1.26. The van der Waals surface area contributed by atoms with E-state index >= 15 is 0 Å². The first kappa shape index (κ1) is 16.4. The number of piperidine rings is 2. The number of hydrogen-bond donors (Lipinski definition) is 1. The highest BCUT2D eigenvalue weighted by atomic mass is 32.2. The first-order valence-corrected chi connectivity index (χ1v) is 9.96. The first-order valence-electron chi connectivity index (χ1n) is 8.97. The van der Waals surface area contributed by atoms with Crippen LogP contribution in [0.15, 0.2) is 35.2 Å². The molecule has 1 N–H and O–H groups in total. The molecule has 0 bridgehead atoms. The van der Waals surface area contributed by atoms with Crippen LogP contribution >= 0.6 is 11.8 Å². The van der Waals surface area contributed by atoms with Crippen LogP contribution in [-0.4, -0.2) is 43.4 Å². The first-order chi connectivity index (χ1) is 10.9. The molecular weight excluding hydrogens is 288 g/mol. The molecule has 1 aromatic rings. The fraction of sp³-hybridized carbons (Fsp3) is 0.684. The Morgan fingerprint density at radius 3 is 2.41 bits per heavy atom. The van der Waals surface area contributed by atoms with Crippen molar-refractivity contribution in [2.75, 3.05) is 38.5 Å². The minimum absolute atomic E-state index is 0.699. The quantitative estimate of drug-likeness (QED) is 0.630. The highest BCUT2D eigenvalue weighted by Crippen LogP contribution is 2.39. The van der Waals surface area contributed by atoms with Crippen LogP contribution in [0.1, 0.15) is 38.5 Å². The minimum Gasteiger partial charge on any atom is -0.317 e. The van der Waals surface area contributed by atoms with Gasteiger partial charge in [0.15, 0.2) is 0 Å². The molecule has 0 amide bonds. The van der Waals surface area contributed by atoms with Gasteiger partial charge in [0.25, 0.3) is 0 Å². The number of benzene rings is 1. The minimum atomic E-state index is 0.699. The molecule has 3 rings (SSSR count). The van der Waals surface area contributed by atoms with Gasteiger partial charge in [-0.25, -0.2) is 0 Å². The van der Waals surface area contributed by atoms with E-state index in [9.17, 15) is 0 Å². The third-order valence-electron chi connectivity index (χ3n) is 5.46. The zero-order chi connectivity index (χ0) is 15.1. The molecule has 22 heavy (non-hydrogen) atoms. The third-order valence-corrected chi connectivity index (χ3v) is 6.56. The second-order valence-electron chi connectivity index (χ2n) is 6.96. The molecule has 0 saturated carbocycles. The summed E-state index contributed by atoms with van der Waals surface area (Å²) in [5, 5.41) is 3.51. The van der Waals surface area contributed by atoms with Crippen molar-refractivity contribution in [3.63, 3.8) is 0 Å². The van der Waals surface area contributed by atoms with Crippen LogP contribution < -0.4 is 5.32 Å². The van der Waals surface area contributed by atoms with Crippen molar-refractivity contribution in [2.45, 2.75) is 43.4 Å². The van der Waals surface area contributed by atoms with Crippen molar-refractivity contribution in [1.29, 1.82) is 0 Å². The van der Waals surface area contributed by atoms with Crippen LogP contribution in [0.4, 0.5) is 0 Å². The van der Waals surface area contributed by atoms with Crippen molar-refractivity contribution < 1.29 is 0 Å². The summed E-state index contributed by atoms with van der Waals surface area (Å²) in [5.41, 5.74) is 0.699. The van der Waals surface area contributed by atoms with Crippen LogP contribution in [0.5, 0.6) is 0 Å². The van der Waals surface area contributed by atoms with E-state index in [1.54, 1.807) is 0 Å². The van der Waals surface area contributed by atoms with Gasteiger partial charge in [-0.2, -0.15) is 0 Å². The van der Waals surface area contributed by atoms with Gasteiger partial charge < -0.3 is 10.2 Å². The molecule has 122 valence electrons. The van der Waals surface area contributed by atoms with E-state index in [2.05, 4.69) is 40.5 Å². The fourth-order valence-electron chi connectivity index (χ4n) is 3.85. The summed E-state index contributed by atoms with van der Waals surface area (Å²) in [7, 11) is 0. The van der Waals surface area contributed by atoms with E-state index in [1.807, 2.05) is 11.8 Å². The van der Waals surface area contributed by atoms with Gasteiger partial charge in [0, 0.05) is 4.90 Å². The second kappa shape index (κ2) is 8.37. The Morgan fingerprint density at radius 1 is 0.955 bits per heavy atom. The van der Waals surface area contributed by atoms with Crippen LogP contribution in [-0.2, 0) is 0 Å². The highest BCUT2D eigenvalue weighted by molar-refractivity contribution is 7.99. The summed E-state index contributed by atoms with van der Waals surface area (Å²) in [6, 6.07) is 10.8. The average molecular weight is 319 g/mol. The lowest BCUT2D eigenvalue weighted by Crippen LogP contribution is -2.45. The Balaban J connectivity index is 1.27. The summed E-state index contributed by atoms with van der Waals surface area (Å²) < 4.78 is 0. The number of thioether (sulfide) groups is 1. The molecule has 2 fully saturated rings. The Labute approximate surface area is 140 Å². The fourth-order valence-corrected chi connectivity index (χ4v) is 4.79. The molecule has 2 aliphatic heterocycles. The van der Waals surface area contributed by atoms with Crippen LogP contribution in [0.2, 0.25) is 0 Å². The molecule has 1 spiro atoms. The van der Waals surface area contributed by atoms with Crippen molar-refractivity contribution in [1.82, 2.24) is 10.2 Å². The topological polar surface area (TPSA) is 15.3 Å². The van der Waals surface area contributed by atoms with Crippen molar-refractivity contribution in [3.8, 4) is 0 Å². The highest BCUT2D eigenvalue weighted by Gasteiger charge is 2.35. The largest absolute Gasteiger partial charge is 0.317 e. The summed E-state index contributed by atoms with van der Waals surface area (Å²) in [6.07, 6.45) is 8.39. The molecule has 2 saturated heterocycles. The van der Waals surface area contributed by atoms with E-state index in [4.69, 9.17) is 0 Å². The predicted octanol–water partition coefficient (Wildman–Crippen LogP) is 4.02. The van der Waals surface area contributed by atoms with Crippen molar-refractivity contribution in [3.05, 3.63) is 30.3 Å². The monoisotopic (exact) mass is 318 g/mol. The molecule has 0 aliphatic carbocycles. The smallest absolute Gasteiger partial charge is 0.00719 e. The molecule has 2 heterocycles. The van der Waals surface area contributed by atoms with Crippen molar-refractivity contribution >= 4 is 11.8 Å².